The van der Waals surface area contributed by atoms with Crippen molar-refractivity contribution in [1.82, 2.24) is 9.78 Å². The quantitative estimate of drug-likeness (QED) is 0.576. The molecule has 0 saturated heterocycles. The molecule has 2 aromatic rings. The Morgan fingerprint density at radius 1 is 1.36 bits per heavy atom. The molecule has 22 heavy (non-hydrogen) atoms. The average Bonchev–Trinajstić information content (AvgIpc) is 2.76. The normalized spacial score (nSPS) is 10.7. The third-order valence-electron chi connectivity index (χ3n) is 3.07. The average molecular weight is 359 g/mol. The van der Waals surface area contributed by atoms with Crippen molar-refractivity contribution in [3.8, 4) is 0 Å². The minimum Gasteiger partial charge on any atom is -0.461 e. The molecule has 0 unspecified atom stereocenters. The molecule has 1 heterocycles. The second kappa shape index (κ2) is 7.90. The molecule has 0 aliphatic rings. The number of carbonyl (C=O) groups excluding carboxylic acids is 1. The third-order valence-corrected chi connectivity index (χ3v) is 4.40. The van der Waals surface area contributed by atoms with E-state index < -0.39 is 5.97 Å². The van der Waals surface area contributed by atoms with Crippen LogP contribution in [0.3, 0.4) is 0 Å². The maximum Gasteiger partial charge on any atom is 0.343 e. The molecule has 0 atom stereocenters. The van der Waals surface area contributed by atoms with E-state index in [2.05, 4.69) is 5.10 Å². The van der Waals surface area contributed by atoms with Crippen LogP contribution in [0.1, 0.15) is 21.6 Å². The molecule has 7 heteroatoms. The Morgan fingerprint density at radius 2 is 2.09 bits per heavy atom. The summed E-state index contributed by atoms with van der Waals surface area (Å²) < 4.78 is 6.75. The zero-order valence-corrected chi connectivity index (χ0v) is 14.6. The number of ether oxygens (including phenoxy) is 1. The number of benzene rings is 1. The number of aromatic nitrogens is 2. The van der Waals surface area contributed by atoms with Gasteiger partial charge in [-0.25, -0.2) is 9.48 Å². The second-order valence-electron chi connectivity index (χ2n) is 4.63. The van der Waals surface area contributed by atoms with Gasteiger partial charge in [-0.1, -0.05) is 41.4 Å². The Labute approximate surface area is 143 Å². The number of esters is 1. The van der Waals surface area contributed by atoms with Crippen molar-refractivity contribution in [1.29, 1.82) is 0 Å². The highest BCUT2D eigenvalue weighted by Crippen LogP contribution is 2.24. The van der Waals surface area contributed by atoms with Gasteiger partial charge in [0.25, 0.3) is 0 Å². The minimum absolute atomic E-state index is 0.270. The van der Waals surface area contributed by atoms with Gasteiger partial charge in [-0.05, 0) is 24.8 Å². The third kappa shape index (κ3) is 3.97. The maximum absolute atomic E-state index is 12.1. The van der Waals surface area contributed by atoms with Crippen molar-refractivity contribution in [2.45, 2.75) is 13.5 Å². The van der Waals surface area contributed by atoms with Crippen molar-refractivity contribution in [2.75, 3.05) is 18.6 Å². The van der Waals surface area contributed by atoms with Crippen LogP contribution < -0.4 is 0 Å². The van der Waals surface area contributed by atoms with E-state index in [1.807, 2.05) is 24.5 Å². The molecule has 1 aromatic heterocycles. The van der Waals surface area contributed by atoms with Crippen LogP contribution in [0.4, 0.5) is 0 Å². The van der Waals surface area contributed by atoms with E-state index >= 15 is 0 Å². The Kier molecular flexibility index (Phi) is 6.17. The van der Waals surface area contributed by atoms with E-state index in [1.54, 1.807) is 29.4 Å². The topological polar surface area (TPSA) is 44.1 Å². The number of halogens is 2. The first-order valence-electron chi connectivity index (χ1n) is 6.67. The van der Waals surface area contributed by atoms with Gasteiger partial charge < -0.3 is 4.74 Å². The molecular weight excluding hydrogens is 343 g/mol. The van der Waals surface area contributed by atoms with Gasteiger partial charge in [0.2, 0.25) is 0 Å². The van der Waals surface area contributed by atoms with Crippen LogP contribution in [-0.4, -0.2) is 34.4 Å². The van der Waals surface area contributed by atoms with Crippen LogP contribution in [0.5, 0.6) is 0 Å². The van der Waals surface area contributed by atoms with Gasteiger partial charge in [-0.3, -0.25) is 0 Å². The number of nitrogens with zero attached hydrogens (tertiary/aromatic N) is 2. The molecule has 0 aliphatic carbocycles. The van der Waals surface area contributed by atoms with Crippen LogP contribution in [0.25, 0.3) is 0 Å². The smallest absolute Gasteiger partial charge is 0.343 e. The molecule has 0 radical (unpaired) electrons. The Bertz CT molecular complexity index is 674. The molecule has 2 rings (SSSR count). The predicted octanol–water partition coefficient (Wildman–Crippen LogP) is 4.07. The van der Waals surface area contributed by atoms with E-state index in [1.165, 1.54) is 0 Å². The van der Waals surface area contributed by atoms with E-state index in [-0.39, 0.29) is 5.15 Å². The summed E-state index contributed by atoms with van der Waals surface area (Å²) in [5.74, 6) is 0.304. The number of rotatable bonds is 6. The Hall–Kier alpha value is -1.17. The summed E-state index contributed by atoms with van der Waals surface area (Å²) in [5.41, 5.74) is 1.75. The first-order valence-corrected chi connectivity index (χ1v) is 8.82. The van der Waals surface area contributed by atoms with Gasteiger partial charge in [0.1, 0.15) is 17.3 Å². The van der Waals surface area contributed by atoms with E-state index in [4.69, 9.17) is 27.9 Å². The van der Waals surface area contributed by atoms with Crippen LogP contribution in [0.2, 0.25) is 10.2 Å². The van der Waals surface area contributed by atoms with Crippen molar-refractivity contribution in [2.24, 2.45) is 0 Å². The number of hydrogen-bond donors (Lipinski definition) is 0. The van der Waals surface area contributed by atoms with Crippen LogP contribution in [-0.2, 0) is 11.3 Å². The molecule has 0 amide bonds. The summed E-state index contributed by atoms with van der Waals surface area (Å²) in [6.45, 7) is 2.49. The van der Waals surface area contributed by atoms with Crippen molar-refractivity contribution < 1.29 is 9.53 Å². The summed E-state index contributed by atoms with van der Waals surface area (Å²) in [7, 11) is 0. The van der Waals surface area contributed by atoms with Crippen LogP contribution in [0.15, 0.2) is 24.3 Å². The summed E-state index contributed by atoms with van der Waals surface area (Å²) in [5, 5.41) is 5.22. The highest BCUT2D eigenvalue weighted by atomic mass is 35.5. The minimum atomic E-state index is -0.443. The molecule has 0 aliphatic heterocycles. The number of hydrogen-bond acceptors (Lipinski definition) is 4. The first kappa shape index (κ1) is 17.2. The summed E-state index contributed by atoms with van der Waals surface area (Å²) in [6.07, 6.45) is 1.95. The van der Waals surface area contributed by atoms with Crippen LogP contribution >= 0.6 is 35.0 Å². The zero-order valence-electron chi connectivity index (χ0n) is 12.3. The van der Waals surface area contributed by atoms with Gasteiger partial charge in [-0.2, -0.15) is 16.9 Å². The molecule has 118 valence electrons. The van der Waals surface area contributed by atoms with E-state index in [0.717, 1.165) is 11.3 Å². The summed E-state index contributed by atoms with van der Waals surface area (Å²) >= 11 is 14.0. The highest BCUT2D eigenvalue weighted by Gasteiger charge is 2.21. The van der Waals surface area contributed by atoms with Gasteiger partial charge in [0.15, 0.2) is 0 Å². The highest BCUT2D eigenvalue weighted by molar-refractivity contribution is 7.98. The van der Waals surface area contributed by atoms with Gasteiger partial charge in [-0.15, -0.1) is 0 Å². The number of thioether (sulfide) groups is 1. The largest absolute Gasteiger partial charge is 0.461 e. The first-order chi connectivity index (χ1) is 10.5. The molecule has 0 saturated carbocycles. The standard InChI is InChI=1S/C15H16Cl2N2O2S/c1-10-13(15(20)21-7-8-22-2)14(17)19(18-10)9-11-5-3-4-6-12(11)16/h3-6H,7-9H2,1-2H3. The molecule has 0 bridgehead atoms. The SMILES string of the molecule is CSCCOC(=O)c1c(C)nn(Cc2ccccc2Cl)c1Cl. The van der Waals surface area contributed by atoms with Gasteiger partial charge >= 0.3 is 5.97 Å². The lowest BCUT2D eigenvalue weighted by atomic mass is 10.2. The fourth-order valence-electron chi connectivity index (χ4n) is 1.97. The number of carbonyl (C=O) groups is 1. The van der Waals surface area contributed by atoms with Gasteiger partial charge in [0, 0.05) is 10.8 Å². The van der Waals surface area contributed by atoms with Crippen LogP contribution in [0, 0.1) is 6.92 Å². The summed E-state index contributed by atoms with van der Waals surface area (Å²) in [4.78, 5) is 12.1. The Balaban J connectivity index is 2.20. The predicted molar refractivity (Wildman–Crippen MR) is 91.2 cm³/mol. The van der Waals surface area contributed by atoms with Crippen molar-refractivity contribution in [3.05, 3.63) is 51.3 Å². The molecule has 0 spiro atoms. The lowest BCUT2D eigenvalue weighted by molar-refractivity contribution is 0.0529. The molecule has 0 N–H and O–H groups in total. The monoisotopic (exact) mass is 358 g/mol. The van der Waals surface area contributed by atoms with Crippen molar-refractivity contribution in [3.63, 3.8) is 0 Å². The Morgan fingerprint density at radius 3 is 2.77 bits per heavy atom. The van der Waals surface area contributed by atoms with Crippen molar-refractivity contribution >= 4 is 40.9 Å². The molecule has 1 aromatic carbocycles. The number of aryl methyl sites for hydroxylation is 1. The van der Waals surface area contributed by atoms with Gasteiger partial charge in [0.05, 0.1) is 12.2 Å². The van der Waals surface area contributed by atoms with E-state index in [0.29, 0.717) is 29.4 Å². The lowest BCUT2D eigenvalue weighted by Crippen LogP contribution is -2.09. The fourth-order valence-corrected chi connectivity index (χ4v) is 2.72. The maximum atomic E-state index is 12.1. The summed E-state index contributed by atoms with van der Waals surface area (Å²) in [6, 6.07) is 7.45. The zero-order chi connectivity index (χ0) is 16.1. The lowest BCUT2D eigenvalue weighted by Gasteiger charge is -2.06. The fraction of sp³-hybridized carbons (Fsp3) is 0.333. The molecule has 4 nitrogen and oxygen atoms in total. The van der Waals surface area contributed by atoms with E-state index in [9.17, 15) is 4.79 Å². The second-order valence-corrected chi connectivity index (χ2v) is 6.38. The molecule has 0 fully saturated rings. The molecular formula is C15H16Cl2N2O2S.